The zero-order valence-electron chi connectivity index (χ0n) is 10.6. The van der Waals surface area contributed by atoms with Gasteiger partial charge in [0.1, 0.15) is 0 Å². The molecule has 3 nitrogen and oxygen atoms in total. The topological polar surface area (TPSA) is 29.9 Å². The number of unbranched alkanes of at least 4 members (excludes halogenated alkanes) is 1. The van der Waals surface area contributed by atoms with E-state index in [4.69, 9.17) is 23.2 Å². The van der Waals surface area contributed by atoms with Crippen LogP contribution in [0.5, 0.6) is 0 Å². The molecular weight excluding hydrogens is 281 g/mol. The highest BCUT2D eigenvalue weighted by Crippen LogP contribution is 2.23. The molecule has 0 atom stereocenters. The van der Waals surface area contributed by atoms with Gasteiger partial charge >= 0.3 is 0 Å². The summed E-state index contributed by atoms with van der Waals surface area (Å²) < 4.78 is 2.09. The van der Waals surface area contributed by atoms with Gasteiger partial charge in [-0.15, -0.1) is 0 Å². The van der Waals surface area contributed by atoms with Gasteiger partial charge in [-0.1, -0.05) is 29.3 Å². The van der Waals surface area contributed by atoms with Crippen LogP contribution in [0.15, 0.2) is 36.9 Å². The zero-order chi connectivity index (χ0) is 13.5. The zero-order valence-corrected chi connectivity index (χ0v) is 12.2. The maximum Gasteiger partial charge on any atom is 0.0945 e. The summed E-state index contributed by atoms with van der Waals surface area (Å²) in [5.74, 6) is 0. The Morgan fingerprint density at radius 3 is 2.63 bits per heavy atom. The Bertz CT molecular complexity index is 477. The summed E-state index contributed by atoms with van der Waals surface area (Å²) >= 11 is 12.2. The number of halogens is 2. The third kappa shape index (κ3) is 4.53. The molecule has 5 heteroatoms. The van der Waals surface area contributed by atoms with E-state index in [2.05, 4.69) is 14.9 Å². The molecule has 2 rings (SSSR count). The van der Waals surface area contributed by atoms with Gasteiger partial charge in [-0.3, -0.25) is 0 Å². The van der Waals surface area contributed by atoms with Gasteiger partial charge in [0.25, 0.3) is 0 Å². The lowest BCUT2D eigenvalue weighted by Crippen LogP contribution is -2.15. The molecule has 19 heavy (non-hydrogen) atoms. The smallest absolute Gasteiger partial charge is 0.0945 e. The number of nitrogens with one attached hydrogen (secondary N) is 1. The fourth-order valence-electron chi connectivity index (χ4n) is 1.88. The summed E-state index contributed by atoms with van der Waals surface area (Å²) in [4.78, 5) is 4.01. The fourth-order valence-corrected chi connectivity index (χ4v) is 2.41. The highest BCUT2D eigenvalue weighted by Gasteiger charge is 2.04. The molecule has 0 saturated heterocycles. The van der Waals surface area contributed by atoms with E-state index in [1.807, 2.05) is 30.7 Å². The molecule has 0 fully saturated rings. The van der Waals surface area contributed by atoms with Crippen LogP contribution in [-0.2, 0) is 13.1 Å². The van der Waals surface area contributed by atoms with Crippen molar-refractivity contribution in [2.45, 2.75) is 25.9 Å². The van der Waals surface area contributed by atoms with Crippen LogP contribution in [0.1, 0.15) is 18.4 Å². The van der Waals surface area contributed by atoms with Crippen molar-refractivity contribution in [3.8, 4) is 0 Å². The second-order valence-electron chi connectivity index (χ2n) is 4.38. The Labute approximate surface area is 123 Å². The molecule has 0 aliphatic carbocycles. The van der Waals surface area contributed by atoms with Gasteiger partial charge in [-0.05, 0) is 31.5 Å². The molecule has 0 saturated carbocycles. The normalized spacial score (nSPS) is 10.8. The number of imidazole rings is 1. The second kappa shape index (κ2) is 7.53. The summed E-state index contributed by atoms with van der Waals surface area (Å²) in [5.41, 5.74) is 0.973. The number of benzene rings is 1. The van der Waals surface area contributed by atoms with Crippen LogP contribution in [-0.4, -0.2) is 16.1 Å². The SMILES string of the molecule is Clc1cccc(Cl)c1CNCCCCn1ccnc1. The summed E-state index contributed by atoms with van der Waals surface area (Å²) in [6.07, 6.45) is 7.87. The van der Waals surface area contributed by atoms with E-state index in [9.17, 15) is 0 Å². The van der Waals surface area contributed by atoms with Crippen molar-refractivity contribution in [2.24, 2.45) is 0 Å². The lowest BCUT2D eigenvalue weighted by atomic mass is 10.2. The molecule has 1 heterocycles. The van der Waals surface area contributed by atoms with Crippen LogP contribution in [0.3, 0.4) is 0 Å². The van der Waals surface area contributed by atoms with E-state index in [0.717, 1.165) is 41.5 Å². The Hall–Kier alpha value is -1.03. The molecule has 0 aliphatic rings. The van der Waals surface area contributed by atoms with E-state index in [1.165, 1.54) is 0 Å². The summed E-state index contributed by atoms with van der Waals surface area (Å²) in [6, 6.07) is 5.59. The molecule has 0 unspecified atom stereocenters. The quantitative estimate of drug-likeness (QED) is 0.789. The number of hydrogen-bond donors (Lipinski definition) is 1. The van der Waals surface area contributed by atoms with Crippen LogP contribution >= 0.6 is 23.2 Å². The third-order valence-corrected chi connectivity index (χ3v) is 3.65. The number of rotatable bonds is 7. The largest absolute Gasteiger partial charge is 0.337 e. The molecule has 1 aromatic heterocycles. The van der Waals surface area contributed by atoms with Crippen LogP contribution in [0, 0.1) is 0 Å². The average molecular weight is 298 g/mol. The van der Waals surface area contributed by atoms with E-state index in [0.29, 0.717) is 6.54 Å². The van der Waals surface area contributed by atoms with Crippen molar-refractivity contribution in [3.63, 3.8) is 0 Å². The van der Waals surface area contributed by atoms with Crippen molar-refractivity contribution < 1.29 is 0 Å². The van der Waals surface area contributed by atoms with Crippen molar-refractivity contribution in [1.29, 1.82) is 0 Å². The standard InChI is InChI=1S/C14H17Cl2N3/c15-13-4-3-5-14(16)12(13)10-17-6-1-2-8-19-9-7-18-11-19/h3-5,7,9,11,17H,1-2,6,8,10H2. The highest BCUT2D eigenvalue weighted by molar-refractivity contribution is 6.35. The Morgan fingerprint density at radius 2 is 1.95 bits per heavy atom. The predicted molar refractivity (Wildman–Crippen MR) is 79.6 cm³/mol. The third-order valence-electron chi connectivity index (χ3n) is 2.94. The average Bonchev–Trinajstić information content (AvgIpc) is 2.89. The van der Waals surface area contributed by atoms with E-state index >= 15 is 0 Å². The number of aryl methyl sites for hydroxylation is 1. The van der Waals surface area contributed by atoms with Crippen LogP contribution in [0.2, 0.25) is 10.0 Å². The molecule has 0 aliphatic heterocycles. The predicted octanol–water partition coefficient (Wildman–Crippen LogP) is 3.76. The van der Waals surface area contributed by atoms with Gasteiger partial charge in [0.05, 0.1) is 6.33 Å². The first-order chi connectivity index (χ1) is 9.27. The van der Waals surface area contributed by atoms with Gasteiger partial charge in [0.15, 0.2) is 0 Å². The molecule has 0 bridgehead atoms. The molecule has 2 aromatic rings. The van der Waals surface area contributed by atoms with Crippen molar-refractivity contribution >= 4 is 23.2 Å². The maximum absolute atomic E-state index is 6.10. The summed E-state index contributed by atoms with van der Waals surface area (Å²) in [7, 11) is 0. The Kier molecular flexibility index (Phi) is 5.70. The molecule has 102 valence electrons. The van der Waals surface area contributed by atoms with Crippen molar-refractivity contribution in [2.75, 3.05) is 6.54 Å². The van der Waals surface area contributed by atoms with Gasteiger partial charge in [0.2, 0.25) is 0 Å². The Balaban J connectivity index is 1.64. The van der Waals surface area contributed by atoms with E-state index in [-0.39, 0.29) is 0 Å². The number of nitrogens with zero attached hydrogens (tertiary/aromatic N) is 2. The van der Waals surface area contributed by atoms with Gasteiger partial charge in [0, 0.05) is 41.1 Å². The van der Waals surface area contributed by atoms with Crippen LogP contribution < -0.4 is 5.32 Å². The molecule has 0 amide bonds. The minimum atomic E-state index is 0.712. The van der Waals surface area contributed by atoms with Crippen molar-refractivity contribution in [3.05, 3.63) is 52.5 Å². The van der Waals surface area contributed by atoms with Crippen LogP contribution in [0.25, 0.3) is 0 Å². The minimum Gasteiger partial charge on any atom is -0.337 e. The summed E-state index contributed by atoms with van der Waals surface area (Å²) in [6.45, 7) is 2.67. The van der Waals surface area contributed by atoms with Crippen molar-refractivity contribution in [1.82, 2.24) is 14.9 Å². The lowest BCUT2D eigenvalue weighted by molar-refractivity contribution is 0.568. The van der Waals surface area contributed by atoms with Gasteiger partial charge in [-0.2, -0.15) is 0 Å². The van der Waals surface area contributed by atoms with Gasteiger partial charge < -0.3 is 9.88 Å². The maximum atomic E-state index is 6.10. The fraction of sp³-hybridized carbons (Fsp3) is 0.357. The molecule has 0 spiro atoms. The molecule has 1 aromatic carbocycles. The lowest BCUT2D eigenvalue weighted by Gasteiger charge is -2.08. The monoisotopic (exact) mass is 297 g/mol. The highest BCUT2D eigenvalue weighted by atomic mass is 35.5. The van der Waals surface area contributed by atoms with Gasteiger partial charge in [-0.25, -0.2) is 4.98 Å². The first-order valence-electron chi connectivity index (χ1n) is 6.36. The van der Waals surface area contributed by atoms with E-state index < -0.39 is 0 Å². The molecule has 0 radical (unpaired) electrons. The number of aromatic nitrogens is 2. The molecule has 1 N–H and O–H groups in total. The number of hydrogen-bond acceptors (Lipinski definition) is 2. The first kappa shape index (κ1) is 14.4. The second-order valence-corrected chi connectivity index (χ2v) is 5.20. The Morgan fingerprint density at radius 1 is 1.16 bits per heavy atom. The van der Waals surface area contributed by atoms with Crippen LogP contribution in [0.4, 0.5) is 0 Å². The van der Waals surface area contributed by atoms with E-state index in [1.54, 1.807) is 6.20 Å². The molecular formula is C14H17Cl2N3. The first-order valence-corrected chi connectivity index (χ1v) is 7.12. The minimum absolute atomic E-state index is 0.712. The summed E-state index contributed by atoms with van der Waals surface area (Å²) in [5, 5.41) is 4.81.